The lowest BCUT2D eigenvalue weighted by atomic mass is 10.1. The van der Waals surface area contributed by atoms with Gasteiger partial charge >= 0.3 is 6.18 Å². The summed E-state index contributed by atoms with van der Waals surface area (Å²) in [7, 11) is 0. The van der Waals surface area contributed by atoms with Gasteiger partial charge in [-0.15, -0.1) is 0 Å². The highest BCUT2D eigenvalue weighted by Crippen LogP contribution is 2.36. The molecule has 0 aliphatic carbocycles. The summed E-state index contributed by atoms with van der Waals surface area (Å²) >= 11 is 0. The van der Waals surface area contributed by atoms with Crippen molar-refractivity contribution < 1.29 is 18.3 Å². The summed E-state index contributed by atoms with van der Waals surface area (Å²) in [6, 6.07) is 2.68. The molecular formula is C11H13F3N2O. The number of alkyl halides is 3. The maximum atomic E-state index is 12.5. The minimum absolute atomic E-state index is 0.165. The summed E-state index contributed by atoms with van der Waals surface area (Å²) in [5, 5.41) is 9.31. The van der Waals surface area contributed by atoms with Crippen molar-refractivity contribution in [1.82, 2.24) is 4.98 Å². The van der Waals surface area contributed by atoms with E-state index in [-0.39, 0.29) is 11.4 Å². The van der Waals surface area contributed by atoms with Gasteiger partial charge in [-0.05, 0) is 18.9 Å². The molecule has 1 N–H and O–H groups in total. The molecule has 1 aliphatic rings. The molecule has 0 aromatic carbocycles. The summed E-state index contributed by atoms with van der Waals surface area (Å²) in [4.78, 5) is 5.74. The maximum absolute atomic E-state index is 12.5. The van der Waals surface area contributed by atoms with E-state index < -0.39 is 12.3 Å². The van der Waals surface area contributed by atoms with Crippen LogP contribution in [0.2, 0.25) is 0 Å². The fourth-order valence-corrected chi connectivity index (χ4v) is 1.99. The van der Waals surface area contributed by atoms with Gasteiger partial charge < -0.3 is 10.0 Å². The molecule has 6 heteroatoms. The number of aliphatic hydroxyl groups is 1. The number of anilines is 1. The fraction of sp³-hybridized carbons (Fsp3) is 0.545. The van der Waals surface area contributed by atoms with Gasteiger partial charge in [0.25, 0.3) is 0 Å². The quantitative estimate of drug-likeness (QED) is 0.869. The van der Waals surface area contributed by atoms with Crippen molar-refractivity contribution in [2.45, 2.75) is 25.1 Å². The summed E-state index contributed by atoms with van der Waals surface area (Å²) in [5.74, 6) is 0.245. The molecule has 1 saturated heterocycles. The van der Waals surface area contributed by atoms with Gasteiger partial charge in [0.15, 0.2) is 6.10 Å². The van der Waals surface area contributed by atoms with Crippen LogP contribution in [0, 0.1) is 0 Å². The highest BCUT2D eigenvalue weighted by molar-refractivity contribution is 5.49. The van der Waals surface area contributed by atoms with Crippen LogP contribution in [0.5, 0.6) is 0 Å². The standard InChI is InChI=1S/C11H13F3N2O/c12-11(13,14)9(17)8-4-3-5-15-10(8)16-6-1-2-7-16/h3-5,9,17H,1-2,6-7H2. The number of aromatic nitrogens is 1. The first-order valence-electron chi connectivity index (χ1n) is 5.45. The lowest BCUT2D eigenvalue weighted by Crippen LogP contribution is -2.26. The number of halogens is 3. The molecule has 2 heterocycles. The van der Waals surface area contributed by atoms with Crippen molar-refractivity contribution in [3.63, 3.8) is 0 Å². The smallest absolute Gasteiger partial charge is 0.379 e. The van der Waals surface area contributed by atoms with Crippen LogP contribution >= 0.6 is 0 Å². The number of hydrogen-bond donors (Lipinski definition) is 1. The van der Waals surface area contributed by atoms with E-state index in [0.717, 1.165) is 12.8 Å². The Morgan fingerprint density at radius 3 is 2.53 bits per heavy atom. The predicted octanol–water partition coefficient (Wildman–Crippen LogP) is 2.28. The molecule has 94 valence electrons. The molecule has 0 spiro atoms. The molecule has 2 rings (SSSR count). The third kappa shape index (κ3) is 2.52. The molecule has 1 aliphatic heterocycles. The van der Waals surface area contributed by atoms with Gasteiger partial charge in [0.05, 0.1) is 0 Å². The maximum Gasteiger partial charge on any atom is 0.418 e. The van der Waals surface area contributed by atoms with E-state index in [1.165, 1.54) is 18.3 Å². The highest BCUT2D eigenvalue weighted by atomic mass is 19.4. The minimum Gasteiger partial charge on any atom is -0.379 e. The zero-order valence-corrected chi connectivity index (χ0v) is 9.11. The SMILES string of the molecule is OC(c1cccnc1N1CCCC1)C(F)(F)F. The lowest BCUT2D eigenvalue weighted by Gasteiger charge is -2.23. The summed E-state index contributed by atoms with van der Waals surface area (Å²) in [6.07, 6.45) is -3.79. The predicted molar refractivity (Wildman–Crippen MR) is 56.7 cm³/mol. The average Bonchev–Trinajstić information content (AvgIpc) is 2.80. The van der Waals surface area contributed by atoms with Crippen molar-refractivity contribution in [3.8, 4) is 0 Å². The van der Waals surface area contributed by atoms with Gasteiger partial charge in [0.2, 0.25) is 0 Å². The van der Waals surface area contributed by atoms with Crippen LogP contribution in [0.3, 0.4) is 0 Å². The molecule has 1 aromatic rings. The number of rotatable bonds is 2. The second-order valence-corrected chi connectivity index (χ2v) is 4.05. The second kappa shape index (κ2) is 4.52. The zero-order chi connectivity index (χ0) is 12.5. The monoisotopic (exact) mass is 246 g/mol. The fourth-order valence-electron chi connectivity index (χ4n) is 1.99. The first-order chi connectivity index (χ1) is 8.00. The number of hydrogen-bond acceptors (Lipinski definition) is 3. The van der Waals surface area contributed by atoms with Crippen LogP contribution in [0.25, 0.3) is 0 Å². The number of aliphatic hydroxyl groups excluding tert-OH is 1. The van der Waals surface area contributed by atoms with Crippen LogP contribution in [-0.2, 0) is 0 Å². The van der Waals surface area contributed by atoms with Crippen molar-refractivity contribution in [1.29, 1.82) is 0 Å². The second-order valence-electron chi connectivity index (χ2n) is 4.05. The summed E-state index contributed by atoms with van der Waals surface area (Å²) in [5.41, 5.74) is -0.165. The summed E-state index contributed by atoms with van der Waals surface area (Å²) in [6.45, 7) is 1.38. The van der Waals surface area contributed by atoms with Gasteiger partial charge in [-0.3, -0.25) is 0 Å². The van der Waals surface area contributed by atoms with E-state index in [2.05, 4.69) is 4.98 Å². The van der Waals surface area contributed by atoms with Crippen LogP contribution in [0.4, 0.5) is 19.0 Å². The lowest BCUT2D eigenvalue weighted by molar-refractivity contribution is -0.206. The largest absolute Gasteiger partial charge is 0.418 e. The zero-order valence-electron chi connectivity index (χ0n) is 9.11. The Balaban J connectivity index is 2.33. The van der Waals surface area contributed by atoms with Crippen LogP contribution in [0.1, 0.15) is 24.5 Å². The molecule has 3 nitrogen and oxygen atoms in total. The van der Waals surface area contributed by atoms with Crippen LogP contribution in [-0.4, -0.2) is 29.4 Å². The normalized spacial score (nSPS) is 18.5. The first-order valence-corrected chi connectivity index (χ1v) is 5.45. The third-order valence-electron chi connectivity index (χ3n) is 2.83. The van der Waals surface area contributed by atoms with Crippen molar-refractivity contribution in [3.05, 3.63) is 23.9 Å². The number of nitrogens with zero attached hydrogens (tertiary/aromatic N) is 2. The Kier molecular flexibility index (Phi) is 3.24. The molecule has 0 radical (unpaired) electrons. The Bertz CT molecular complexity index is 389. The Morgan fingerprint density at radius 2 is 1.94 bits per heavy atom. The van der Waals surface area contributed by atoms with Crippen molar-refractivity contribution in [2.75, 3.05) is 18.0 Å². The third-order valence-corrected chi connectivity index (χ3v) is 2.83. The minimum atomic E-state index is -4.66. The molecule has 0 saturated carbocycles. The number of pyridine rings is 1. The molecular weight excluding hydrogens is 233 g/mol. The Hall–Kier alpha value is -1.30. The molecule has 1 unspecified atom stereocenters. The van der Waals surface area contributed by atoms with E-state index in [1.54, 1.807) is 4.90 Å². The van der Waals surface area contributed by atoms with Gasteiger partial charge in [-0.1, -0.05) is 6.07 Å². The van der Waals surface area contributed by atoms with E-state index in [1.807, 2.05) is 0 Å². The Morgan fingerprint density at radius 1 is 1.29 bits per heavy atom. The van der Waals surface area contributed by atoms with Crippen molar-refractivity contribution in [2.24, 2.45) is 0 Å². The van der Waals surface area contributed by atoms with Crippen LogP contribution < -0.4 is 4.90 Å². The van der Waals surface area contributed by atoms with E-state index in [4.69, 9.17) is 0 Å². The highest BCUT2D eigenvalue weighted by Gasteiger charge is 2.41. The molecule has 17 heavy (non-hydrogen) atoms. The first kappa shape index (κ1) is 12.2. The van der Waals surface area contributed by atoms with Gasteiger partial charge in [-0.2, -0.15) is 13.2 Å². The summed E-state index contributed by atoms with van der Waals surface area (Å²) < 4.78 is 37.5. The molecule has 1 fully saturated rings. The Labute approximate surface area is 96.9 Å². The molecule has 1 atom stereocenters. The van der Waals surface area contributed by atoms with Crippen molar-refractivity contribution >= 4 is 5.82 Å². The van der Waals surface area contributed by atoms with Gasteiger partial charge in [0, 0.05) is 24.8 Å². The van der Waals surface area contributed by atoms with Gasteiger partial charge in [0.1, 0.15) is 5.82 Å². The van der Waals surface area contributed by atoms with E-state index in [0.29, 0.717) is 13.1 Å². The topological polar surface area (TPSA) is 36.4 Å². The molecule has 0 bridgehead atoms. The van der Waals surface area contributed by atoms with Gasteiger partial charge in [-0.25, -0.2) is 4.98 Å². The van der Waals surface area contributed by atoms with E-state index in [9.17, 15) is 18.3 Å². The van der Waals surface area contributed by atoms with Crippen LogP contribution in [0.15, 0.2) is 18.3 Å². The van der Waals surface area contributed by atoms with E-state index >= 15 is 0 Å². The molecule has 1 aromatic heterocycles. The average molecular weight is 246 g/mol. The molecule has 0 amide bonds.